The Morgan fingerprint density at radius 3 is 2.82 bits per heavy atom. The molecule has 2 aliphatic carbocycles. The lowest BCUT2D eigenvalue weighted by atomic mass is 9.93. The number of benzene rings is 2. The number of rotatable bonds is 3. The monoisotopic (exact) mass is 294 g/mol. The number of carboxylic acid groups (broad SMARTS) is 1. The number of carbonyl (C=O) groups is 1. The van der Waals surface area contributed by atoms with Crippen LogP contribution in [0.2, 0.25) is 0 Å². The van der Waals surface area contributed by atoms with E-state index >= 15 is 0 Å². The van der Waals surface area contributed by atoms with Crippen molar-refractivity contribution < 1.29 is 14.6 Å². The second kappa shape index (κ2) is 4.60. The number of para-hydroxylation sites is 1. The molecular weight excluding hydrogens is 276 g/mol. The number of hydrogen-bond acceptors (Lipinski definition) is 2. The average Bonchev–Trinajstić information content (AvgIpc) is 3.17. The molecule has 2 atom stereocenters. The summed E-state index contributed by atoms with van der Waals surface area (Å²) in [6.07, 6.45) is 2.74. The van der Waals surface area contributed by atoms with Crippen molar-refractivity contribution in [2.24, 2.45) is 5.92 Å². The smallest absolute Gasteiger partial charge is 0.307 e. The number of fused-ring (bicyclic) bond motifs is 2. The topological polar surface area (TPSA) is 46.5 Å². The minimum atomic E-state index is -0.651. The molecule has 0 saturated heterocycles. The predicted molar refractivity (Wildman–Crippen MR) is 84.2 cm³/mol. The van der Waals surface area contributed by atoms with Crippen LogP contribution in [0.15, 0.2) is 42.5 Å². The Balaban J connectivity index is 1.74. The molecule has 3 heteroatoms. The number of hydrogen-bond donors (Lipinski definition) is 1. The molecule has 2 aromatic carbocycles. The third kappa shape index (κ3) is 1.78. The summed E-state index contributed by atoms with van der Waals surface area (Å²) in [4.78, 5) is 11.3. The Morgan fingerprint density at radius 1 is 1.27 bits per heavy atom. The van der Waals surface area contributed by atoms with Crippen LogP contribution in [0.4, 0.5) is 0 Å². The summed E-state index contributed by atoms with van der Waals surface area (Å²) < 4.78 is 5.44. The lowest BCUT2D eigenvalue weighted by Crippen LogP contribution is -2.11. The Morgan fingerprint density at radius 2 is 2.09 bits per heavy atom. The SMILES string of the molecule is COc1ccccc1-c1ccc2c(c1)CCC21CC1C(=O)O. The molecule has 112 valence electrons. The van der Waals surface area contributed by atoms with Gasteiger partial charge in [-0.2, -0.15) is 0 Å². The van der Waals surface area contributed by atoms with Gasteiger partial charge >= 0.3 is 5.97 Å². The molecule has 1 spiro atoms. The van der Waals surface area contributed by atoms with Crippen LogP contribution in [0.25, 0.3) is 11.1 Å². The van der Waals surface area contributed by atoms with Crippen LogP contribution >= 0.6 is 0 Å². The van der Waals surface area contributed by atoms with Gasteiger partial charge in [0.1, 0.15) is 5.75 Å². The maximum Gasteiger partial charge on any atom is 0.307 e. The van der Waals surface area contributed by atoms with E-state index in [0.29, 0.717) is 0 Å². The summed E-state index contributed by atoms with van der Waals surface area (Å²) in [6.45, 7) is 0. The van der Waals surface area contributed by atoms with Crippen LogP contribution in [0.1, 0.15) is 24.0 Å². The zero-order chi connectivity index (χ0) is 15.3. The Bertz CT molecular complexity index is 765. The normalized spacial score (nSPS) is 25.0. The van der Waals surface area contributed by atoms with Gasteiger partial charge in [0.05, 0.1) is 13.0 Å². The summed E-state index contributed by atoms with van der Waals surface area (Å²) in [6, 6.07) is 14.4. The average molecular weight is 294 g/mol. The molecule has 0 aromatic heterocycles. The molecule has 0 heterocycles. The van der Waals surface area contributed by atoms with E-state index in [9.17, 15) is 9.90 Å². The Hall–Kier alpha value is -2.29. The lowest BCUT2D eigenvalue weighted by Gasteiger charge is -2.12. The maximum atomic E-state index is 11.3. The van der Waals surface area contributed by atoms with Gasteiger partial charge in [-0.3, -0.25) is 4.79 Å². The van der Waals surface area contributed by atoms with Crippen LogP contribution < -0.4 is 4.74 Å². The van der Waals surface area contributed by atoms with Crippen LogP contribution in [-0.2, 0) is 16.6 Å². The Labute approximate surface area is 129 Å². The molecule has 1 saturated carbocycles. The summed E-state index contributed by atoms with van der Waals surface area (Å²) >= 11 is 0. The number of methoxy groups -OCH3 is 1. The highest BCUT2D eigenvalue weighted by Crippen LogP contribution is 2.61. The van der Waals surface area contributed by atoms with E-state index in [1.165, 1.54) is 11.1 Å². The third-order valence-corrected chi connectivity index (χ3v) is 5.27. The van der Waals surface area contributed by atoms with E-state index in [1.807, 2.05) is 18.2 Å². The first kappa shape index (κ1) is 13.4. The first-order chi connectivity index (χ1) is 10.7. The molecule has 0 radical (unpaired) electrons. The van der Waals surface area contributed by atoms with Crippen LogP contribution in [0.3, 0.4) is 0 Å². The van der Waals surface area contributed by atoms with E-state index in [2.05, 4.69) is 24.3 Å². The molecule has 2 unspecified atom stereocenters. The summed E-state index contributed by atoms with van der Waals surface area (Å²) in [5.74, 6) is 0.0255. The fourth-order valence-corrected chi connectivity index (χ4v) is 4.03. The van der Waals surface area contributed by atoms with Gasteiger partial charge in [-0.1, -0.05) is 36.4 Å². The molecule has 0 aliphatic heterocycles. The van der Waals surface area contributed by atoms with E-state index in [-0.39, 0.29) is 11.3 Å². The zero-order valence-electron chi connectivity index (χ0n) is 12.5. The number of aryl methyl sites for hydroxylation is 1. The van der Waals surface area contributed by atoms with Gasteiger partial charge < -0.3 is 9.84 Å². The van der Waals surface area contributed by atoms with Gasteiger partial charge in [0.25, 0.3) is 0 Å². The molecular formula is C19H18O3. The fraction of sp³-hybridized carbons (Fsp3) is 0.316. The number of carboxylic acids is 1. The van der Waals surface area contributed by atoms with Crippen LogP contribution in [0.5, 0.6) is 5.75 Å². The fourth-order valence-electron chi connectivity index (χ4n) is 4.03. The van der Waals surface area contributed by atoms with Crippen molar-refractivity contribution in [3.63, 3.8) is 0 Å². The van der Waals surface area contributed by atoms with E-state index < -0.39 is 5.97 Å². The van der Waals surface area contributed by atoms with Gasteiger partial charge in [0.15, 0.2) is 0 Å². The molecule has 1 fully saturated rings. The molecule has 1 N–H and O–H groups in total. The molecule has 0 amide bonds. The van der Waals surface area contributed by atoms with Crippen LogP contribution in [-0.4, -0.2) is 18.2 Å². The summed E-state index contributed by atoms with van der Waals surface area (Å²) in [5.41, 5.74) is 4.69. The molecule has 2 aliphatic rings. The highest BCUT2D eigenvalue weighted by molar-refractivity contribution is 5.79. The molecule has 2 aromatic rings. The maximum absolute atomic E-state index is 11.3. The van der Waals surface area contributed by atoms with Gasteiger partial charge in [0, 0.05) is 11.0 Å². The van der Waals surface area contributed by atoms with Crippen molar-refractivity contribution >= 4 is 5.97 Å². The van der Waals surface area contributed by atoms with Gasteiger partial charge in [-0.15, -0.1) is 0 Å². The molecule has 4 rings (SSSR count). The second-order valence-electron chi connectivity index (χ2n) is 6.32. The van der Waals surface area contributed by atoms with E-state index in [0.717, 1.165) is 36.1 Å². The van der Waals surface area contributed by atoms with Crippen molar-refractivity contribution in [2.75, 3.05) is 7.11 Å². The predicted octanol–water partition coefficient (Wildman–Crippen LogP) is 3.65. The van der Waals surface area contributed by atoms with Crippen molar-refractivity contribution in [3.05, 3.63) is 53.6 Å². The minimum Gasteiger partial charge on any atom is -0.496 e. The van der Waals surface area contributed by atoms with Crippen molar-refractivity contribution in [3.8, 4) is 16.9 Å². The second-order valence-corrected chi connectivity index (χ2v) is 6.32. The molecule has 0 bridgehead atoms. The third-order valence-electron chi connectivity index (χ3n) is 5.27. The molecule has 22 heavy (non-hydrogen) atoms. The first-order valence-electron chi connectivity index (χ1n) is 7.65. The van der Waals surface area contributed by atoms with Gasteiger partial charge in [0.2, 0.25) is 0 Å². The minimum absolute atomic E-state index is 0.0829. The quantitative estimate of drug-likeness (QED) is 0.940. The van der Waals surface area contributed by atoms with Crippen molar-refractivity contribution in [1.82, 2.24) is 0 Å². The summed E-state index contributed by atoms with van der Waals surface area (Å²) in [5, 5.41) is 9.29. The first-order valence-corrected chi connectivity index (χ1v) is 7.65. The highest BCUT2D eigenvalue weighted by atomic mass is 16.5. The van der Waals surface area contributed by atoms with Gasteiger partial charge in [-0.25, -0.2) is 0 Å². The van der Waals surface area contributed by atoms with E-state index in [4.69, 9.17) is 4.74 Å². The number of aliphatic carboxylic acids is 1. The number of ether oxygens (including phenoxy) is 1. The molecule has 3 nitrogen and oxygen atoms in total. The van der Waals surface area contributed by atoms with E-state index in [1.54, 1.807) is 7.11 Å². The standard InChI is InChI=1S/C19H18O3/c1-22-17-5-3-2-4-14(17)12-6-7-15-13(10-12)8-9-19(15)11-16(19)18(20)21/h2-7,10,16H,8-9,11H2,1H3,(H,20,21). The van der Waals surface area contributed by atoms with Gasteiger partial charge in [-0.05, 0) is 42.0 Å². The highest BCUT2D eigenvalue weighted by Gasteiger charge is 2.61. The van der Waals surface area contributed by atoms with Crippen molar-refractivity contribution in [2.45, 2.75) is 24.7 Å². The van der Waals surface area contributed by atoms with Crippen LogP contribution in [0, 0.1) is 5.92 Å². The summed E-state index contributed by atoms with van der Waals surface area (Å²) in [7, 11) is 1.68. The van der Waals surface area contributed by atoms with Crippen molar-refractivity contribution in [1.29, 1.82) is 0 Å². The lowest BCUT2D eigenvalue weighted by molar-refractivity contribution is -0.139. The zero-order valence-corrected chi connectivity index (χ0v) is 12.5. The Kier molecular flexibility index (Phi) is 2.80. The largest absolute Gasteiger partial charge is 0.496 e.